The number of aromatic nitrogens is 1. The van der Waals surface area contributed by atoms with Crippen molar-refractivity contribution in [1.29, 1.82) is 0 Å². The summed E-state index contributed by atoms with van der Waals surface area (Å²) in [6, 6.07) is 14.1. The molecule has 0 fully saturated rings. The number of carbonyl (C=O) groups is 2. The third-order valence-corrected chi connectivity index (χ3v) is 4.21. The number of nitrogens with zero attached hydrogens (tertiary/aromatic N) is 2. The van der Waals surface area contributed by atoms with Crippen LogP contribution >= 0.6 is 11.6 Å². The number of benzene rings is 2. The molecule has 2 aromatic carbocycles. The van der Waals surface area contributed by atoms with Crippen LogP contribution in [0.1, 0.15) is 17.4 Å². The quantitative estimate of drug-likeness (QED) is 0.394. The Bertz CT molecular complexity index is 1090. The largest absolute Gasteiger partial charge is 0.448 e. The first-order chi connectivity index (χ1) is 13.3. The van der Waals surface area contributed by atoms with E-state index in [0.29, 0.717) is 5.52 Å². The molecular formula is C19H14ClN3O5. The van der Waals surface area contributed by atoms with Crippen molar-refractivity contribution in [3.05, 3.63) is 75.4 Å². The molecule has 0 saturated heterocycles. The summed E-state index contributed by atoms with van der Waals surface area (Å²) in [4.78, 5) is 39.0. The molecule has 1 heterocycles. The SMILES string of the molecule is C[C@H](OC(=O)c1ccc2ccccc2n1)C(=O)Nc1cc([N+](=O)[O-])ccc1Cl. The van der Waals surface area contributed by atoms with E-state index in [-0.39, 0.29) is 22.1 Å². The summed E-state index contributed by atoms with van der Waals surface area (Å²) < 4.78 is 5.15. The summed E-state index contributed by atoms with van der Waals surface area (Å²) in [6.45, 7) is 1.37. The number of anilines is 1. The summed E-state index contributed by atoms with van der Waals surface area (Å²) in [6.07, 6.45) is -1.17. The van der Waals surface area contributed by atoms with Crippen LogP contribution in [0.2, 0.25) is 5.02 Å². The van der Waals surface area contributed by atoms with Crippen molar-refractivity contribution >= 4 is 45.8 Å². The monoisotopic (exact) mass is 399 g/mol. The van der Waals surface area contributed by atoms with E-state index >= 15 is 0 Å². The summed E-state index contributed by atoms with van der Waals surface area (Å²) in [5.74, 6) is -1.45. The highest BCUT2D eigenvalue weighted by Gasteiger charge is 2.21. The number of rotatable bonds is 5. The second kappa shape index (κ2) is 8.01. The number of nitrogens with one attached hydrogen (secondary N) is 1. The van der Waals surface area contributed by atoms with Gasteiger partial charge in [0.25, 0.3) is 11.6 Å². The fourth-order valence-electron chi connectivity index (χ4n) is 2.41. The summed E-state index contributed by atoms with van der Waals surface area (Å²) >= 11 is 5.95. The zero-order valence-corrected chi connectivity index (χ0v) is 15.3. The van der Waals surface area contributed by atoms with Crippen LogP contribution in [0.4, 0.5) is 11.4 Å². The Hall–Kier alpha value is -3.52. The molecule has 1 amide bonds. The molecule has 28 heavy (non-hydrogen) atoms. The molecular weight excluding hydrogens is 386 g/mol. The topological polar surface area (TPSA) is 111 Å². The van der Waals surface area contributed by atoms with Gasteiger partial charge >= 0.3 is 5.97 Å². The molecule has 3 aromatic rings. The number of pyridine rings is 1. The normalized spacial score (nSPS) is 11.6. The van der Waals surface area contributed by atoms with Crippen LogP contribution in [0, 0.1) is 10.1 Å². The molecule has 0 unspecified atom stereocenters. The molecule has 1 N–H and O–H groups in total. The smallest absolute Gasteiger partial charge is 0.357 e. The number of amides is 1. The summed E-state index contributed by atoms with van der Waals surface area (Å²) in [5, 5.41) is 14.3. The standard InChI is InChI=1S/C19H14ClN3O5/c1-11(18(24)22-17-10-13(23(26)27)7-8-14(17)20)28-19(25)16-9-6-12-4-2-3-5-15(12)21-16/h2-11H,1H3,(H,22,24)/t11-/m0/s1. The Morgan fingerprint density at radius 3 is 2.68 bits per heavy atom. The molecule has 0 aliphatic carbocycles. The van der Waals surface area contributed by atoms with E-state index in [1.807, 2.05) is 12.1 Å². The van der Waals surface area contributed by atoms with E-state index in [9.17, 15) is 19.7 Å². The zero-order chi connectivity index (χ0) is 20.3. The summed E-state index contributed by atoms with van der Waals surface area (Å²) in [7, 11) is 0. The van der Waals surface area contributed by atoms with Gasteiger partial charge in [-0.2, -0.15) is 0 Å². The first-order valence-electron chi connectivity index (χ1n) is 8.17. The number of non-ortho nitro benzene ring substituents is 1. The maximum Gasteiger partial charge on any atom is 0.357 e. The first kappa shape index (κ1) is 19.2. The molecule has 0 bridgehead atoms. The highest BCUT2D eigenvalue weighted by atomic mass is 35.5. The van der Waals surface area contributed by atoms with Crippen molar-refractivity contribution in [2.24, 2.45) is 0 Å². The van der Waals surface area contributed by atoms with Crippen LogP contribution in [0.5, 0.6) is 0 Å². The number of halogens is 1. The molecule has 3 rings (SSSR count). The minimum Gasteiger partial charge on any atom is -0.448 e. The van der Waals surface area contributed by atoms with E-state index < -0.39 is 22.9 Å². The van der Waals surface area contributed by atoms with Gasteiger partial charge in [0.1, 0.15) is 5.69 Å². The van der Waals surface area contributed by atoms with Crippen LogP contribution in [-0.4, -0.2) is 27.9 Å². The third-order valence-electron chi connectivity index (χ3n) is 3.88. The van der Waals surface area contributed by atoms with Gasteiger partial charge in [0.15, 0.2) is 6.10 Å². The number of nitro benzene ring substituents is 1. The zero-order valence-electron chi connectivity index (χ0n) is 14.6. The summed E-state index contributed by atoms with van der Waals surface area (Å²) in [5.41, 5.74) is 0.501. The second-order valence-corrected chi connectivity index (χ2v) is 6.25. The van der Waals surface area contributed by atoms with Gasteiger partial charge in [-0.05, 0) is 25.1 Å². The third kappa shape index (κ3) is 4.24. The molecule has 1 aromatic heterocycles. The Balaban J connectivity index is 1.70. The predicted molar refractivity (Wildman–Crippen MR) is 103 cm³/mol. The van der Waals surface area contributed by atoms with E-state index in [1.165, 1.54) is 25.1 Å². The van der Waals surface area contributed by atoms with Crippen LogP contribution < -0.4 is 5.32 Å². The second-order valence-electron chi connectivity index (χ2n) is 5.85. The number of hydrogen-bond acceptors (Lipinski definition) is 6. The van der Waals surface area contributed by atoms with Crippen LogP contribution in [0.15, 0.2) is 54.6 Å². The first-order valence-corrected chi connectivity index (χ1v) is 8.54. The molecule has 8 nitrogen and oxygen atoms in total. The number of fused-ring (bicyclic) bond motifs is 1. The van der Waals surface area contributed by atoms with Crippen molar-refractivity contribution in [2.45, 2.75) is 13.0 Å². The molecule has 0 aliphatic rings. The average Bonchev–Trinajstić information content (AvgIpc) is 2.68. The van der Waals surface area contributed by atoms with Crippen molar-refractivity contribution in [2.75, 3.05) is 5.32 Å². The van der Waals surface area contributed by atoms with Crippen LogP contribution in [0.3, 0.4) is 0 Å². The molecule has 0 radical (unpaired) electrons. The van der Waals surface area contributed by atoms with E-state index in [1.54, 1.807) is 18.2 Å². The number of carbonyl (C=O) groups excluding carboxylic acids is 2. The number of para-hydroxylation sites is 1. The van der Waals surface area contributed by atoms with Gasteiger partial charge in [-0.1, -0.05) is 35.9 Å². The Kier molecular flexibility index (Phi) is 5.51. The molecule has 142 valence electrons. The van der Waals surface area contributed by atoms with Gasteiger partial charge < -0.3 is 10.1 Å². The van der Waals surface area contributed by atoms with Gasteiger partial charge in [-0.15, -0.1) is 0 Å². The van der Waals surface area contributed by atoms with Gasteiger partial charge in [0, 0.05) is 17.5 Å². The number of hydrogen-bond donors (Lipinski definition) is 1. The molecule has 1 atom stereocenters. The molecule has 0 spiro atoms. The highest BCUT2D eigenvalue weighted by molar-refractivity contribution is 6.33. The fourth-order valence-corrected chi connectivity index (χ4v) is 2.58. The number of ether oxygens (including phenoxy) is 1. The fraction of sp³-hybridized carbons (Fsp3) is 0.105. The molecule has 9 heteroatoms. The minimum atomic E-state index is -1.17. The van der Waals surface area contributed by atoms with Gasteiger partial charge in [0.05, 0.1) is 21.2 Å². The van der Waals surface area contributed by atoms with Gasteiger partial charge in [-0.3, -0.25) is 14.9 Å². The maximum atomic E-state index is 12.3. The lowest BCUT2D eigenvalue weighted by molar-refractivity contribution is -0.384. The lowest BCUT2D eigenvalue weighted by Gasteiger charge is -2.14. The van der Waals surface area contributed by atoms with Gasteiger partial charge in [0.2, 0.25) is 0 Å². The minimum absolute atomic E-state index is 0.0487. The lowest BCUT2D eigenvalue weighted by Crippen LogP contribution is -2.30. The van der Waals surface area contributed by atoms with Crippen LogP contribution in [0.25, 0.3) is 10.9 Å². The van der Waals surface area contributed by atoms with Crippen molar-refractivity contribution in [3.8, 4) is 0 Å². The van der Waals surface area contributed by atoms with Gasteiger partial charge in [-0.25, -0.2) is 9.78 Å². The Morgan fingerprint density at radius 1 is 1.18 bits per heavy atom. The van der Waals surface area contributed by atoms with E-state index in [4.69, 9.17) is 16.3 Å². The molecule has 0 saturated carbocycles. The molecule has 0 aliphatic heterocycles. The maximum absolute atomic E-state index is 12.3. The van der Waals surface area contributed by atoms with Crippen molar-refractivity contribution in [1.82, 2.24) is 4.98 Å². The average molecular weight is 400 g/mol. The van der Waals surface area contributed by atoms with E-state index in [0.717, 1.165) is 11.5 Å². The van der Waals surface area contributed by atoms with E-state index in [2.05, 4.69) is 10.3 Å². The Morgan fingerprint density at radius 2 is 1.93 bits per heavy atom. The lowest BCUT2D eigenvalue weighted by atomic mass is 10.2. The Labute approximate surface area is 164 Å². The van der Waals surface area contributed by atoms with Crippen molar-refractivity contribution in [3.63, 3.8) is 0 Å². The van der Waals surface area contributed by atoms with Crippen molar-refractivity contribution < 1.29 is 19.2 Å². The number of esters is 1. The highest BCUT2D eigenvalue weighted by Crippen LogP contribution is 2.27. The van der Waals surface area contributed by atoms with Crippen LogP contribution in [-0.2, 0) is 9.53 Å². The number of nitro groups is 1. The predicted octanol–water partition coefficient (Wildman–Crippen LogP) is 3.98.